The van der Waals surface area contributed by atoms with Gasteiger partial charge in [-0.2, -0.15) is 0 Å². The number of methoxy groups -OCH3 is 1. The molecule has 0 N–H and O–H groups in total. The maximum Gasteiger partial charge on any atom is 0.257 e. The minimum Gasteiger partial charge on any atom is -0.381 e. The van der Waals surface area contributed by atoms with Gasteiger partial charge >= 0.3 is 0 Å². The summed E-state index contributed by atoms with van der Waals surface area (Å²) in [5.41, 5.74) is -0.755. The van der Waals surface area contributed by atoms with E-state index in [1.807, 2.05) is 4.90 Å². The van der Waals surface area contributed by atoms with Crippen molar-refractivity contribution in [1.29, 1.82) is 0 Å². The summed E-state index contributed by atoms with van der Waals surface area (Å²) < 4.78 is 16.4. The Balaban J connectivity index is 1.61. The highest BCUT2D eigenvalue weighted by atomic mass is 16.6. The predicted molar refractivity (Wildman–Crippen MR) is 81.8 cm³/mol. The highest BCUT2D eigenvalue weighted by molar-refractivity contribution is 5.86. The van der Waals surface area contributed by atoms with Crippen LogP contribution < -0.4 is 0 Å². The van der Waals surface area contributed by atoms with Crippen LogP contribution in [0.4, 0.5) is 0 Å². The van der Waals surface area contributed by atoms with Gasteiger partial charge in [0.25, 0.3) is 5.91 Å². The Labute approximate surface area is 132 Å². The molecule has 3 rings (SSSR count). The molecule has 1 unspecified atom stereocenters. The molecule has 0 aromatic heterocycles. The lowest BCUT2D eigenvalue weighted by molar-refractivity contribution is -0.160. The zero-order chi connectivity index (χ0) is 15.6. The monoisotopic (exact) mass is 312 g/mol. The van der Waals surface area contributed by atoms with Gasteiger partial charge in [-0.1, -0.05) is 0 Å². The van der Waals surface area contributed by atoms with Gasteiger partial charge in [-0.25, -0.2) is 0 Å². The minimum absolute atomic E-state index is 0.103. The van der Waals surface area contributed by atoms with Crippen molar-refractivity contribution in [2.24, 2.45) is 0 Å². The molecule has 22 heavy (non-hydrogen) atoms. The molecule has 6 nitrogen and oxygen atoms in total. The third kappa shape index (κ3) is 3.02. The van der Waals surface area contributed by atoms with E-state index < -0.39 is 5.60 Å². The van der Waals surface area contributed by atoms with E-state index in [1.165, 1.54) is 0 Å². The quantitative estimate of drug-likeness (QED) is 0.760. The summed E-state index contributed by atoms with van der Waals surface area (Å²) >= 11 is 0. The first-order chi connectivity index (χ1) is 10.7. The third-order valence-corrected chi connectivity index (χ3v) is 5.39. The van der Waals surface area contributed by atoms with Crippen molar-refractivity contribution < 1.29 is 19.0 Å². The Morgan fingerprint density at radius 2 is 1.95 bits per heavy atom. The fourth-order valence-corrected chi connectivity index (χ4v) is 3.89. The molecule has 0 radical (unpaired) electrons. The maximum atomic E-state index is 12.9. The maximum absolute atomic E-state index is 12.9. The van der Waals surface area contributed by atoms with E-state index >= 15 is 0 Å². The fraction of sp³-hybridized carbons (Fsp3) is 0.938. The first-order valence-corrected chi connectivity index (χ1v) is 8.42. The molecule has 6 heteroatoms. The van der Waals surface area contributed by atoms with Gasteiger partial charge in [0.2, 0.25) is 0 Å². The standard InChI is InChI=1S/C16H28N2O4/c1-13-11-17(14-3-8-21-9-4-14)6-7-18(13)15(19)16(20-2)5-10-22-12-16/h13-14H,3-12H2,1-2H3/t13-,16?/m1/s1. The second-order valence-corrected chi connectivity index (χ2v) is 6.69. The molecular formula is C16H28N2O4. The average Bonchev–Trinajstić information content (AvgIpc) is 3.05. The molecule has 3 aliphatic rings. The molecule has 0 aromatic carbocycles. The van der Waals surface area contributed by atoms with Gasteiger partial charge < -0.3 is 19.1 Å². The largest absolute Gasteiger partial charge is 0.381 e. The van der Waals surface area contributed by atoms with E-state index in [9.17, 15) is 4.79 Å². The number of hydrogen-bond donors (Lipinski definition) is 0. The fourth-order valence-electron chi connectivity index (χ4n) is 3.89. The summed E-state index contributed by atoms with van der Waals surface area (Å²) in [4.78, 5) is 17.5. The number of amides is 1. The van der Waals surface area contributed by atoms with Crippen LogP contribution in [0.3, 0.4) is 0 Å². The van der Waals surface area contributed by atoms with E-state index in [2.05, 4.69) is 11.8 Å². The lowest BCUT2D eigenvalue weighted by Crippen LogP contribution is -2.62. The van der Waals surface area contributed by atoms with Gasteiger partial charge in [-0.3, -0.25) is 9.69 Å². The normalized spacial score (nSPS) is 35.0. The summed E-state index contributed by atoms with van der Waals surface area (Å²) in [6.45, 7) is 7.53. The summed E-state index contributed by atoms with van der Waals surface area (Å²) in [7, 11) is 1.62. The van der Waals surface area contributed by atoms with Crippen molar-refractivity contribution in [3.05, 3.63) is 0 Å². The van der Waals surface area contributed by atoms with E-state index in [0.717, 1.165) is 45.7 Å². The Morgan fingerprint density at radius 3 is 2.55 bits per heavy atom. The number of piperazine rings is 1. The molecule has 126 valence electrons. The Kier molecular flexibility index (Phi) is 5.02. The van der Waals surface area contributed by atoms with Crippen LogP contribution in [0.15, 0.2) is 0 Å². The first kappa shape index (κ1) is 16.2. The topological polar surface area (TPSA) is 51.2 Å². The smallest absolute Gasteiger partial charge is 0.257 e. The predicted octanol–water partition coefficient (Wildman–Crippen LogP) is 0.504. The molecule has 0 bridgehead atoms. The summed E-state index contributed by atoms with van der Waals surface area (Å²) in [5, 5.41) is 0. The summed E-state index contributed by atoms with van der Waals surface area (Å²) in [5.74, 6) is 0.103. The molecule has 2 atom stereocenters. The molecule has 0 saturated carbocycles. The van der Waals surface area contributed by atoms with Gasteiger partial charge in [-0.15, -0.1) is 0 Å². The molecule has 0 aliphatic carbocycles. The molecule has 3 fully saturated rings. The van der Waals surface area contributed by atoms with Crippen LogP contribution in [0, 0.1) is 0 Å². The molecule has 0 aromatic rings. The summed E-state index contributed by atoms with van der Waals surface area (Å²) in [6, 6.07) is 0.830. The summed E-state index contributed by atoms with van der Waals surface area (Å²) in [6.07, 6.45) is 2.88. The number of ether oxygens (including phenoxy) is 3. The van der Waals surface area contributed by atoms with Crippen molar-refractivity contribution in [3.63, 3.8) is 0 Å². The third-order valence-electron chi connectivity index (χ3n) is 5.39. The van der Waals surface area contributed by atoms with Crippen LogP contribution in [0.2, 0.25) is 0 Å². The molecule has 1 amide bonds. The van der Waals surface area contributed by atoms with Crippen molar-refractivity contribution in [1.82, 2.24) is 9.80 Å². The van der Waals surface area contributed by atoms with Gasteiger partial charge in [0.15, 0.2) is 5.60 Å². The molecule has 3 saturated heterocycles. The van der Waals surface area contributed by atoms with Crippen molar-refractivity contribution in [3.8, 4) is 0 Å². The zero-order valence-corrected chi connectivity index (χ0v) is 13.8. The second-order valence-electron chi connectivity index (χ2n) is 6.69. The van der Waals surface area contributed by atoms with Crippen LogP contribution in [0.1, 0.15) is 26.2 Å². The lowest BCUT2D eigenvalue weighted by atomic mass is 9.98. The first-order valence-electron chi connectivity index (χ1n) is 8.42. The van der Waals surface area contributed by atoms with Gasteiger partial charge in [0.1, 0.15) is 0 Å². The Morgan fingerprint density at radius 1 is 1.18 bits per heavy atom. The number of rotatable bonds is 3. The van der Waals surface area contributed by atoms with E-state index in [0.29, 0.717) is 25.7 Å². The number of carbonyl (C=O) groups is 1. The van der Waals surface area contributed by atoms with Crippen LogP contribution in [0.5, 0.6) is 0 Å². The highest BCUT2D eigenvalue weighted by Gasteiger charge is 2.47. The molecule has 3 heterocycles. The average molecular weight is 312 g/mol. The minimum atomic E-state index is -0.755. The SMILES string of the molecule is COC1(C(=O)N2CCN(C3CCOCC3)C[C@H]2C)CCOC1. The Hall–Kier alpha value is -0.690. The van der Waals surface area contributed by atoms with E-state index in [4.69, 9.17) is 14.2 Å². The van der Waals surface area contributed by atoms with E-state index in [-0.39, 0.29) is 11.9 Å². The molecular weight excluding hydrogens is 284 g/mol. The lowest BCUT2D eigenvalue weighted by Gasteiger charge is -2.46. The van der Waals surface area contributed by atoms with Crippen molar-refractivity contribution >= 4 is 5.91 Å². The Bertz CT molecular complexity index is 392. The van der Waals surface area contributed by atoms with Gasteiger partial charge in [0, 0.05) is 58.5 Å². The molecule has 0 spiro atoms. The van der Waals surface area contributed by atoms with Crippen LogP contribution in [0.25, 0.3) is 0 Å². The van der Waals surface area contributed by atoms with Crippen molar-refractivity contribution in [2.75, 3.05) is 53.2 Å². The molecule has 3 aliphatic heterocycles. The van der Waals surface area contributed by atoms with Crippen LogP contribution in [-0.2, 0) is 19.0 Å². The van der Waals surface area contributed by atoms with E-state index in [1.54, 1.807) is 7.11 Å². The number of carbonyl (C=O) groups excluding carboxylic acids is 1. The van der Waals surface area contributed by atoms with Gasteiger partial charge in [-0.05, 0) is 19.8 Å². The van der Waals surface area contributed by atoms with Crippen LogP contribution >= 0.6 is 0 Å². The van der Waals surface area contributed by atoms with Crippen molar-refractivity contribution in [2.45, 2.75) is 43.9 Å². The number of hydrogen-bond acceptors (Lipinski definition) is 5. The number of nitrogens with zero attached hydrogens (tertiary/aromatic N) is 2. The van der Waals surface area contributed by atoms with Crippen LogP contribution in [-0.4, -0.2) is 86.6 Å². The highest BCUT2D eigenvalue weighted by Crippen LogP contribution is 2.28. The second kappa shape index (κ2) is 6.83. The zero-order valence-electron chi connectivity index (χ0n) is 13.8. The van der Waals surface area contributed by atoms with Gasteiger partial charge in [0.05, 0.1) is 13.2 Å².